The van der Waals surface area contributed by atoms with Crippen LogP contribution in [0.25, 0.3) is 0 Å². The Bertz CT molecular complexity index is 94.9. The van der Waals surface area contributed by atoms with Gasteiger partial charge >= 0.3 is 10.4 Å². The van der Waals surface area contributed by atoms with E-state index in [0.717, 1.165) is 0 Å². The second kappa shape index (κ2) is 6.70. The van der Waals surface area contributed by atoms with E-state index in [1.165, 1.54) is 0 Å². The van der Waals surface area contributed by atoms with Crippen molar-refractivity contribution in [1.29, 1.82) is 0 Å². The molecule has 0 aliphatic carbocycles. The van der Waals surface area contributed by atoms with Gasteiger partial charge < -0.3 is 0 Å². The molecule has 1 radical (unpaired) electrons. The summed E-state index contributed by atoms with van der Waals surface area (Å²) in [6.45, 7) is 0. The third kappa shape index (κ3) is 55.7. The Morgan fingerprint density at radius 2 is 1.14 bits per heavy atom. The predicted molar refractivity (Wildman–Crippen MR) is 14.2 cm³/mol. The zero-order chi connectivity index (χ0) is 4.50. The van der Waals surface area contributed by atoms with Crippen LogP contribution in [0.3, 0.4) is 0 Å². The van der Waals surface area contributed by atoms with E-state index in [2.05, 4.69) is 0 Å². The van der Waals surface area contributed by atoms with Gasteiger partial charge in [-0.3, -0.25) is 9.11 Å². The molecule has 0 saturated heterocycles. The van der Waals surface area contributed by atoms with Gasteiger partial charge in [0.25, 0.3) is 0 Å². The molecule has 7 heteroatoms. The first-order chi connectivity index (χ1) is 2.00. The molecule has 0 atom stereocenters. The summed E-state index contributed by atoms with van der Waals surface area (Å²) in [5.41, 5.74) is 0. The summed E-state index contributed by atoms with van der Waals surface area (Å²) < 4.78 is 31.6. The van der Waals surface area contributed by atoms with E-state index in [4.69, 9.17) is 17.5 Å². The molecule has 0 saturated carbocycles. The average molecular weight is 383 g/mol. The fourth-order valence-corrected chi connectivity index (χ4v) is 0. The van der Waals surface area contributed by atoms with E-state index in [9.17, 15) is 0 Å². The molecule has 0 unspecified atom stereocenters. The summed E-state index contributed by atoms with van der Waals surface area (Å²) in [6, 6.07) is 0. The minimum absolute atomic E-state index is 0. The largest absolute Gasteiger partial charge is 0.394 e. The zero-order valence-electron chi connectivity index (χ0n) is 3.20. The number of rotatable bonds is 0. The van der Waals surface area contributed by atoms with Crippen molar-refractivity contribution in [2.75, 3.05) is 0 Å². The Morgan fingerprint density at radius 1 is 1.14 bits per heavy atom. The first-order valence-electron chi connectivity index (χ1n) is 0.698. The van der Waals surface area contributed by atoms with Crippen LogP contribution in [0.15, 0.2) is 0 Å². The summed E-state index contributed by atoms with van der Waals surface area (Å²) in [5.74, 6) is 0. The fourth-order valence-electron chi connectivity index (χ4n) is 0. The molecule has 0 fully saturated rings. The van der Waals surface area contributed by atoms with Crippen molar-refractivity contribution in [3.8, 4) is 0 Å². The Morgan fingerprint density at radius 3 is 1.14 bits per heavy atom. The van der Waals surface area contributed by atoms with E-state index in [-0.39, 0.29) is 82.1 Å². The average Bonchev–Trinajstić information content (AvgIpc) is 0.722. The van der Waals surface area contributed by atoms with E-state index in [1.807, 2.05) is 0 Å². The molecule has 7 heavy (non-hydrogen) atoms. The van der Waals surface area contributed by atoms with Gasteiger partial charge in [-0.25, -0.2) is 0 Å². The van der Waals surface area contributed by atoms with Gasteiger partial charge in [0.15, 0.2) is 0 Å². The Labute approximate surface area is 107 Å². The molecule has 0 aliphatic rings. The van der Waals surface area contributed by atoms with Crippen molar-refractivity contribution >= 4 is 10.4 Å². The van der Waals surface area contributed by atoms with Crippen molar-refractivity contribution in [2.45, 2.75) is 0 Å². The molecule has 0 aromatic heterocycles. The van der Waals surface area contributed by atoms with Gasteiger partial charge in [-0.05, 0) is 0 Å². The second-order valence-electron chi connectivity index (χ2n) is 0.448. The van der Waals surface area contributed by atoms with E-state index >= 15 is 0 Å². The van der Waals surface area contributed by atoms with Crippen LogP contribution in [0.5, 0.6) is 0 Å². The van der Waals surface area contributed by atoms with Crippen LogP contribution in [-0.2, 0) is 10.4 Å². The monoisotopic (exact) mass is 381 g/mol. The molecule has 0 rings (SSSR count). The van der Waals surface area contributed by atoms with Crippen LogP contribution < -0.4 is 0 Å². The van der Waals surface area contributed by atoms with Crippen molar-refractivity contribution in [1.82, 2.24) is 0 Å². The van der Waals surface area contributed by atoms with Crippen LogP contribution in [0.1, 0.15) is 0 Å². The van der Waals surface area contributed by atoms with Gasteiger partial charge in [-0.1, -0.05) is 0 Å². The summed E-state index contributed by atoms with van der Waals surface area (Å²) in [6.07, 6.45) is 0. The molecule has 0 bridgehead atoms. The maximum Gasteiger partial charge on any atom is 0.394 e. The van der Waals surface area contributed by atoms with E-state index < -0.39 is 10.4 Å². The van der Waals surface area contributed by atoms with Crippen LogP contribution in [0.2, 0.25) is 0 Å². The van der Waals surface area contributed by atoms with Gasteiger partial charge in [-0.2, -0.15) is 8.42 Å². The number of hydrogen-bond donors (Lipinski definition) is 2. The SMILES string of the molecule is O=S(=O)(O)O.[Nd].[Pr]. The van der Waals surface area contributed by atoms with Crippen LogP contribution in [0, 0.1) is 82.1 Å². The molecule has 0 aromatic carbocycles. The van der Waals surface area contributed by atoms with Gasteiger partial charge in [0, 0.05) is 82.1 Å². The summed E-state index contributed by atoms with van der Waals surface area (Å²) in [5, 5.41) is 0. The molecule has 0 spiro atoms. The minimum atomic E-state index is -4.67. The van der Waals surface area contributed by atoms with Crippen LogP contribution in [-0.4, -0.2) is 17.5 Å². The third-order valence-corrected chi connectivity index (χ3v) is 0. The van der Waals surface area contributed by atoms with Crippen molar-refractivity contribution in [2.24, 2.45) is 0 Å². The smallest absolute Gasteiger partial charge is 0.264 e. The van der Waals surface area contributed by atoms with E-state index in [1.54, 1.807) is 0 Å². The maximum absolute atomic E-state index is 8.74. The first kappa shape index (κ1) is 16.3. The molecule has 39 valence electrons. The van der Waals surface area contributed by atoms with Crippen molar-refractivity contribution in [3.63, 3.8) is 0 Å². The van der Waals surface area contributed by atoms with Crippen molar-refractivity contribution < 1.29 is 99.7 Å². The van der Waals surface area contributed by atoms with Crippen LogP contribution >= 0.6 is 0 Å². The number of hydrogen-bond acceptors (Lipinski definition) is 2. The van der Waals surface area contributed by atoms with E-state index in [0.29, 0.717) is 0 Å². The maximum atomic E-state index is 8.74. The molecule has 0 heterocycles. The molecule has 0 amide bonds. The first-order valence-corrected chi connectivity index (χ1v) is 2.10. The topological polar surface area (TPSA) is 74.6 Å². The van der Waals surface area contributed by atoms with Gasteiger partial charge in [-0.15, -0.1) is 0 Å². The second-order valence-corrected chi connectivity index (χ2v) is 1.34. The van der Waals surface area contributed by atoms with Crippen LogP contribution in [0.4, 0.5) is 0 Å². The van der Waals surface area contributed by atoms with Gasteiger partial charge in [0.2, 0.25) is 0 Å². The standard InChI is InChI=1S/Nd.H2O4S.Pr/c;1-5(2,3)4;/h;(H2,1,2,3,4);. The minimum Gasteiger partial charge on any atom is -0.264 e. The normalized spacial score (nSPS) is 8.29. The van der Waals surface area contributed by atoms with Crippen molar-refractivity contribution in [3.05, 3.63) is 0 Å². The predicted octanol–water partition coefficient (Wildman–Crippen LogP) is -0.653. The quantitative estimate of drug-likeness (QED) is 0.546. The zero-order valence-corrected chi connectivity index (χ0v) is 10.9. The molecule has 0 aliphatic heterocycles. The van der Waals surface area contributed by atoms with Gasteiger partial charge in [0.05, 0.1) is 0 Å². The molecule has 0 aromatic rings. The third-order valence-electron chi connectivity index (χ3n) is 0. The van der Waals surface area contributed by atoms with Gasteiger partial charge in [0.1, 0.15) is 0 Å². The molecular formula is H2NdO4PrS. The Balaban J connectivity index is -0.0000000800. The summed E-state index contributed by atoms with van der Waals surface area (Å²) in [4.78, 5) is 0. The fraction of sp³-hybridized carbons (Fsp3) is 0. The summed E-state index contributed by atoms with van der Waals surface area (Å²) >= 11 is 0. The Kier molecular flexibility index (Phi) is 15.6. The Hall–Kier alpha value is 2.58. The molecule has 4 nitrogen and oxygen atoms in total. The molecular weight excluding hydrogens is 381 g/mol. The summed E-state index contributed by atoms with van der Waals surface area (Å²) in [7, 11) is -4.67. The molecule has 2 N–H and O–H groups in total.